The summed E-state index contributed by atoms with van der Waals surface area (Å²) in [6.45, 7) is 7.06. The van der Waals surface area contributed by atoms with Crippen LogP contribution in [0.4, 0.5) is 0 Å². The highest BCUT2D eigenvalue weighted by molar-refractivity contribution is 5.82. The van der Waals surface area contributed by atoms with Crippen LogP contribution in [-0.4, -0.2) is 31.3 Å². The molecular weight excluding hydrogens is 358 g/mol. The molecule has 3 atom stereocenters. The molecule has 148 valence electrons. The summed E-state index contributed by atoms with van der Waals surface area (Å²) < 4.78 is 23.1. The number of amides is 1. The lowest BCUT2D eigenvalue weighted by Gasteiger charge is -2.33. The van der Waals surface area contributed by atoms with Crippen LogP contribution in [0.3, 0.4) is 0 Å². The molecule has 1 N–H and O–H groups in total. The van der Waals surface area contributed by atoms with E-state index in [0.717, 1.165) is 11.3 Å². The fourth-order valence-corrected chi connectivity index (χ4v) is 3.53. The third-order valence-electron chi connectivity index (χ3n) is 4.99. The van der Waals surface area contributed by atoms with E-state index in [0.29, 0.717) is 30.5 Å². The quantitative estimate of drug-likeness (QED) is 0.875. The lowest BCUT2D eigenvalue weighted by atomic mass is 9.95. The number of hydrogen-bond donors (Lipinski definition) is 1. The van der Waals surface area contributed by atoms with Crippen LogP contribution in [-0.2, 0) is 4.79 Å². The van der Waals surface area contributed by atoms with Gasteiger partial charge in [-0.1, -0.05) is 32.0 Å². The van der Waals surface area contributed by atoms with Crippen molar-refractivity contribution in [3.05, 3.63) is 48.0 Å². The molecule has 2 aromatic carbocycles. The first-order valence-corrected chi connectivity index (χ1v) is 9.65. The van der Waals surface area contributed by atoms with Crippen LogP contribution in [0.5, 0.6) is 23.0 Å². The van der Waals surface area contributed by atoms with Gasteiger partial charge >= 0.3 is 0 Å². The number of rotatable bonds is 4. The van der Waals surface area contributed by atoms with Gasteiger partial charge in [0.1, 0.15) is 19.3 Å². The van der Waals surface area contributed by atoms with Crippen molar-refractivity contribution >= 4 is 5.91 Å². The van der Waals surface area contributed by atoms with Crippen molar-refractivity contribution in [2.75, 3.05) is 13.2 Å². The zero-order valence-electron chi connectivity index (χ0n) is 16.3. The first kappa shape index (κ1) is 18.5. The number of para-hydroxylation sites is 2. The Hall–Kier alpha value is -2.89. The molecule has 6 nitrogen and oxygen atoms in total. The Kier molecular flexibility index (Phi) is 5.03. The molecule has 6 heteroatoms. The minimum absolute atomic E-state index is 0.179. The van der Waals surface area contributed by atoms with E-state index in [4.69, 9.17) is 18.9 Å². The summed E-state index contributed by atoms with van der Waals surface area (Å²) >= 11 is 0. The normalized spacial score (nSPS) is 21.1. The van der Waals surface area contributed by atoms with E-state index in [1.165, 1.54) is 0 Å². The van der Waals surface area contributed by atoms with Gasteiger partial charge in [0.15, 0.2) is 23.0 Å². The molecule has 2 aromatic rings. The largest absolute Gasteiger partial charge is 0.486 e. The van der Waals surface area contributed by atoms with Gasteiger partial charge in [-0.15, -0.1) is 0 Å². The molecule has 0 aromatic heterocycles. The van der Waals surface area contributed by atoms with Crippen molar-refractivity contribution in [1.29, 1.82) is 0 Å². The molecule has 0 radical (unpaired) electrons. The maximum absolute atomic E-state index is 13.0. The molecule has 4 rings (SSSR count). The van der Waals surface area contributed by atoms with Crippen molar-refractivity contribution in [1.82, 2.24) is 5.32 Å². The molecule has 2 aliphatic heterocycles. The SMILES string of the molecule is CC(C)C(NC(=O)C1Oc2ccccc2OC1C)c1ccc2c(c1)OCCO2. The Morgan fingerprint density at radius 1 is 0.964 bits per heavy atom. The van der Waals surface area contributed by atoms with Gasteiger partial charge in [0.05, 0.1) is 6.04 Å². The summed E-state index contributed by atoms with van der Waals surface area (Å²) in [6, 6.07) is 13.0. The van der Waals surface area contributed by atoms with Crippen LogP contribution in [0, 0.1) is 5.92 Å². The Labute approximate surface area is 164 Å². The number of nitrogens with one attached hydrogen (secondary N) is 1. The lowest BCUT2D eigenvalue weighted by molar-refractivity contribution is -0.134. The number of carbonyl (C=O) groups is 1. The van der Waals surface area contributed by atoms with Gasteiger partial charge in [0.25, 0.3) is 5.91 Å². The van der Waals surface area contributed by atoms with Gasteiger partial charge in [0, 0.05) is 0 Å². The molecule has 28 heavy (non-hydrogen) atoms. The molecule has 0 saturated carbocycles. The zero-order chi connectivity index (χ0) is 19.7. The van der Waals surface area contributed by atoms with E-state index in [1.54, 1.807) is 0 Å². The van der Waals surface area contributed by atoms with E-state index >= 15 is 0 Å². The summed E-state index contributed by atoms with van der Waals surface area (Å²) in [5.74, 6) is 2.67. The number of benzene rings is 2. The lowest BCUT2D eigenvalue weighted by Crippen LogP contribution is -2.50. The van der Waals surface area contributed by atoms with Crippen molar-refractivity contribution in [3.63, 3.8) is 0 Å². The fourth-order valence-electron chi connectivity index (χ4n) is 3.53. The first-order valence-electron chi connectivity index (χ1n) is 9.65. The van der Waals surface area contributed by atoms with Crippen LogP contribution in [0.2, 0.25) is 0 Å². The monoisotopic (exact) mass is 383 g/mol. The van der Waals surface area contributed by atoms with E-state index < -0.39 is 6.10 Å². The van der Waals surface area contributed by atoms with Crippen molar-refractivity contribution in [2.45, 2.75) is 39.0 Å². The predicted octanol–water partition coefficient (Wildman–Crippen LogP) is 3.50. The Morgan fingerprint density at radius 3 is 2.36 bits per heavy atom. The zero-order valence-corrected chi connectivity index (χ0v) is 16.3. The molecule has 3 unspecified atom stereocenters. The van der Waals surface area contributed by atoms with Crippen LogP contribution in [0.15, 0.2) is 42.5 Å². The molecule has 0 fully saturated rings. The van der Waals surface area contributed by atoms with Gasteiger partial charge in [-0.2, -0.15) is 0 Å². The molecule has 2 aliphatic rings. The van der Waals surface area contributed by atoms with Gasteiger partial charge in [-0.25, -0.2) is 0 Å². The van der Waals surface area contributed by atoms with Gasteiger partial charge in [-0.05, 0) is 42.7 Å². The second kappa shape index (κ2) is 7.62. The average molecular weight is 383 g/mol. The smallest absolute Gasteiger partial charge is 0.265 e. The van der Waals surface area contributed by atoms with Crippen LogP contribution in [0.1, 0.15) is 32.4 Å². The third-order valence-corrected chi connectivity index (χ3v) is 4.99. The molecule has 0 aliphatic carbocycles. The minimum Gasteiger partial charge on any atom is -0.486 e. The highest BCUT2D eigenvalue weighted by Crippen LogP contribution is 2.36. The predicted molar refractivity (Wildman–Crippen MR) is 104 cm³/mol. The Balaban J connectivity index is 1.53. The van der Waals surface area contributed by atoms with Gasteiger partial charge in [-0.3, -0.25) is 4.79 Å². The Morgan fingerprint density at radius 2 is 1.64 bits per heavy atom. The molecule has 1 amide bonds. The summed E-state index contributed by atoms with van der Waals surface area (Å²) in [5.41, 5.74) is 0.970. The molecule has 2 heterocycles. The highest BCUT2D eigenvalue weighted by Gasteiger charge is 2.35. The van der Waals surface area contributed by atoms with Crippen LogP contribution >= 0.6 is 0 Å². The molecular formula is C22H25NO5. The first-order chi connectivity index (χ1) is 13.5. The second-order valence-corrected chi connectivity index (χ2v) is 7.44. The van der Waals surface area contributed by atoms with Crippen LogP contribution < -0.4 is 24.3 Å². The van der Waals surface area contributed by atoms with E-state index in [-0.39, 0.29) is 24.0 Å². The van der Waals surface area contributed by atoms with Crippen molar-refractivity contribution in [2.24, 2.45) is 5.92 Å². The van der Waals surface area contributed by atoms with Crippen molar-refractivity contribution in [3.8, 4) is 23.0 Å². The number of fused-ring (bicyclic) bond motifs is 2. The van der Waals surface area contributed by atoms with Gasteiger partial charge < -0.3 is 24.3 Å². The van der Waals surface area contributed by atoms with E-state index in [2.05, 4.69) is 19.2 Å². The van der Waals surface area contributed by atoms with E-state index in [1.807, 2.05) is 49.4 Å². The topological polar surface area (TPSA) is 66.0 Å². The number of ether oxygens (including phenoxy) is 4. The summed E-state index contributed by atoms with van der Waals surface area (Å²) in [4.78, 5) is 13.0. The Bertz CT molecular complexity index is 866. The van der Waals surface area contributed by atoms with Crippen molar-refractivity contribution < 1.29 is 23.7 Å². The summed E-state index contributed by atoms with van der Waals surface area (Å²) in [6.07, 6.45) is -1.10. The molecule has 0 bridgehead atoms. The number of hydrogen-bond acceptors (Lipinski definition) is 5. The molecule has 0 saturated heterocycles. The maximum atomic E-state index is 13.0. The van der Waals surface area contributed by atoms with Crippen LogP contribution in [0.25, 0.3) is 0 Å². The maximum Gasteiger partial charge on any atom is 0.265 e. The minimum atomic E-state index is -0.714. The average Bonchev–Trinajstić information content (AvgIpc) is 2.70. The number of carbonyl (C=O) groups excluding carboxylic acids is 1. The third kappa shape index (κ3) is 3.59. The molecule has 0 spiro atoms. The fraction of sp³-hybridized carbons (Fsp3) is 0.409. The summed E-state index contributed by atoms with van der Waals surface area (Å²) in [5, 5.41) is 3.13. The second-order valence-electron chi connectivity index (χ2n) is 7.44. The standard InChI is InChI=1S/C22H25NO5/c1-13(2)20(15-8-9-16-19(12-15)26-11-10-25-16)23-22(24)21-14(3)27-17-6-4-5-7-18(17)28-21/h4-9,12-14,20-21H,10-11H2,1-3H3,(H,23,24). The van der Waals surface area contributed by atoms with E-state index in [9.17, 15) is 4.79 Å². The summed E-state index contributed by atoms with van der Waals surface area (Å²) in [7, 11) is 0. The highest BCUT2D eigenvalue weighted by atomic mass is 16.6. The van der Waals surface area contributed by atoms with Gasteiger partial charge in [0.2, 0.25) is 6.10 Å².